The predicted molar refractivity (Wildman–Crippen MR) is 74.7 cm³/mol. The predicted octanol–water partition coefficient (Wildman–Crippen LogP) is 2.07. The minimum Gasteiger partial charge on any atom is -0.496 e. The van der Waals surface area contributed by atoms with Gasteiger partial charge in [0, 0.05) is 5.56 Å². The number of hydrogen-bond donors (Lipinski definition) is 1. The summed E-state index contributed by atoms with van der Waals surface area (Å²) in [6, 6.07) is 6.33. The molecule has 2 rings (SSSR count). The highest BCUT2D eigenvalue weighted by Gasteiger charge is 2.28. The van der Waals surface area contributed by atoms with E-state index in [2.05, 4.69) is 31.3 Å². The van der Waals surface area contributed by atoms with Gasteiger partial charge in [-0.3, -0.25) is 0 Å². The highest BCUT2D eigenvalue weighted by molar-refractivity contribution is 5.39. The minimum absolute atomic E-state index is 0.0319. The molecule has 1 aliphatic heterocycles. The first-order valence-corrected chi connectivity index (χ1v) is 6.83. The fourth-order valence-corrected chi connectivity index (χ4v) is 2.46. The molecule has 1 aromatic rings. The first-order valence-electron chi connectivity index (χ1n) is 6.83. The van der Waals surface area contributed by atoms with Crippen molar-refractivity contribution in [2.24, 2.45) is 0 Å². The molecule has 19 heavy (non-hydrogen) atoms. The Bertz CT molecular complexity index is 402. The van der Waals surface area contributed by atoms with Crippen LogP contribution in [0.4, 0.5) is 0 Å². The summed E-state index contributed by atoms with van der Waals surface area (Å²) < 4.78 is 16.9. The van der Waals surface area contributed by atoms with E-state index >= 15 is 0 Å². The summed E-state index contributed by atoms with van der Waals surface area (Å²) in [6.45, 7) is 7.01. The van der Waals surface area contributed by atoms with Gasteiger partial charge in [0.15, 0.2) is 0 Å². The van der Waals surface area contributed by atoms with Crippen molar-refractivity contribution >= 4 is 0 Å². The van der Waals surface area contributed by atoms with Crippen molar-refractivity contribution in [3.8, 4) is 5.75 Å². The maximum atomic E-state index is 5.84. The molecule has 0 saturated carbocycles. The molecular formula is C15H23NO3. The molecule has 1 aliphatic rings. The average Bonchev–Trinajstić information content (AvgIpc) is 2.45. The monoisotopic (exact) mass is 265 g/mol. The van der Waals surface area contributed by atoms with Crippen LogP contribution in [0.1, 0.15) is 24.1 Å². The lowest BCUT2D eigenvalue weighted by molar-refractivity contribution is -0.102. The van der Waals surface area contributed by atoms with E-state index < -0.39 is 0 Å². The summed E-state index contributed by atoms with van der Waals surface area (Å²) in [4.78, 5) is 0. The van der Waals surface area contributed by atoms with Crippen LogP contribution in [0.25, 0.3) is 0 Å². The lowest BCUT2D eigenvalue weighted by atomic mass is 9.98. The number of hydrogen-bond acceptors (Lipinski definition) is 4. The average molecular weight is 265 g/mol. The first-order chi connectivity index (χ1) is 9.26. The molecule has 4 heteroatoms. The zero-order chi connectivity index (χ0) is 13.7. The van der Waals surface area contributed by atoms with Gasteiger partial charge in [-0.05, 0) is 19.5 Å². The second-order valence-corrected chi connectivity index (χ2v) is 4.76. The van der Waals surface area contributed by atoms with Gasteiger partial charge in [0.2, 0.25) is 0 Å². The van der Waals surface area contributed by atoms with E-state index in [1.807, 2.05) is 6.07 Å². The van der Waals surface area contributed by atoms with Gasteiger partial charge < -0.3 is 19.5 Å². The van der Waals surface area contributed by atoms with E-state index in [9.17, 15) is 0 Å². The standard InChI is InChI=1S/C15H23NO3/c1-4-16-15(14-10-18-7-8-19-14)12-9-11(2)5-6-13(12)17-3/h5-6,9,14-16H,4,7-8,10H2,1-3H3. The molecular weight excluding hydrogens is 242 g/mol. The molecule has 1 aromatic carbocycles. The van der Waals surface area contributed by atoms with Crippen molar-refractivity contribution in [1.29, 1.82) is 0 Å². The summed E-state index contributed by atoms with van der Waals surface area (Å²) >= 11 is 0. The van der Waals surface area contributed by atoms with E-state index in [0.717, 1.165) is 17.9 Å². The Hall–Kier alpha value is -1.10. The summed E-state index contributed by atoms with van der Waals surface area (Å²) in [5.74, 6) is 0.894. The number of likely N-dealkylation sites (N-methyl/N-ethyl adjacent to an activating group) is 1. The van der Waals surface area contributed by atoms with Gasteiger partial charge in [-0.1, -0.05) is 24.6 Å². The Morgan fingerprint density at radius 3 is 2.89 bits per heavy atom. The van der Waals surface area contributed by atoms with Crippen LogP contribution in [0.3, 0.4) is 0 Å². The van der Waals surface area contributed by atoms with Crippen LogP contribution in [0.5, 0.6) is 5.75 Å². The third kappa shape index (κ3) is 3.47. The SMILES string of the molecule is CCNC(c1cc(C)ccc1OC)C1COCCO1. The van der Waals surface area contributed by atoms with Crippen molar-refractivity contribution in [3.63, 3.8) is 0 Å². The first kappa shape index (κ1) is 14.3. The Kier molecular flexibility index (Phi) is 5.19. The molecule has 1 fully saturated rings. The van der Waals surface area contributed by atoms with Crippen LogP contribution in [0.15, 0.2) is 18.2 Å². The normalized spacial score (nSPS) is 21.1. The van der Waals surface area contributed by atoms with Crippen LogP contribution >= 0.6 is 0 Å². The zero-order valence-corrected chi connectivity index (χ0v) is 11.9. The lowest BCUT2D eigenvalue weighted by Gasteiger charge is -2.32. The summed E-state index contributed by atoms with van der Waals surface area (Å²) in [5, 5.41) is 3.49. The quantitative estimate of drug-likeness (QED) is 0.884. The van der Waals surface area contributed by atoms with Crippen LogP contribution in [0.2, 0.25) is 0 Å². The summed E-state index contributed by atoms with van der Waals surface area (Å²) in [5.41, 5.74) is 2.36. The Balaban J connectivity index is 2.28. The Morgan fingerprint density at radius 2 is 2.26 bits per heavy atom. The summed E-state index contributed by atoms with van der Waals surface area (Å²) in [7, 11) is 1.70. The molecule has 1 N–H and O–H groups in total. The molecule has 0 spiro atoms. The maximum Gasteiger partial charge on any atom is 0.123 e. The molecule has 0 radical (unpaired) electrons. The number of aryl methyl sites for hydroxylation is 1. The van der Waals surface area contributed by atoms with Gasteiger partial charge in [-0.2, -0.15) is 0 Å². The van der Waals surface area contributed by atoms with Gasteiger partial charge in [0.25, 0.3) is 0 Å². The molecule has 0 amide bonds. The van der Waals surface area contributed by atoms with Crippen molar-refractivity contribution in [2.75, 3.05) is 33.5 Å². The third-order valence-corrected chi connectivity index (χ3v) is 3.36. The number of ether oxygens (including phenoxy) is 3. The number of nitrogens with one attached hydrogen (secondary N) is 1. The minimum atomic E-state index is 0.0319. The van der Waals surface area contributed by atoms with Crippen LogP contribution in [-0.2, 0) is 9.47 Å². The molecule has 106 valence electrons. The molecule has 0 bridgehead atoms. The number of benzene rings is 1. The highest BCUT2D eigenvalue weighted by Crippen LogP contribution is 2.30. The van der Waals surface area contributed by atoms with Crippen LogP contribution in [-0.4, -0.2) is 39.6 Å². The van der Waals surface area contributed by atoms with E-state index in [1.54, 1.807) is 7.11 Å². The van der Waals surface area contributed by atoms with Gasteiger partial charge in [0.05, 0.1) is 33.0 Å². The zero-order valence-electron chi connectivity index (χ0n) is 11.9. The molecule has 2 atom stereocenters. The van der Waals surface area contributed by atoms with E-state index in [0.29, 0.717) is 19.8 Å². The third-order valence-electron chi connectivity index (χ3n) is 3.36. The van der Waals surface area contributed by atoms with Gasteiger partial charge in [-0.25, -0.2) is 0 Å². The van der Waals surface area contributed by atoms with Crippen LogP contribution < -0.4 is 10.1 Å². The van der Waals surface area contributed by atoms with Crippen LogP contribution in [0, 0.1) is 6.92 Å². The van der Waals surface area contributed by atoms with Gasteiger partial charge >= 0.3 is 0 Å². The Morgan fingerprint density at radius 1 is 1.42 bits per heavy atom. The topological polar surface area (TPSA) is 39.7 Å². The van der Waals surface area contributed by atoms with E-state index in [4.69, 9.17) is 14.2 Å². The smallest absolute Gasteiger partial charge is 0.123 e. The molecule has 4 nitrogen and oxygen atoms in total. The molecule has 0 aromatic heterocycles. The van der Waals surface area contributed by atoms with E-state index in [-0.39, 0.29) is 12.1 Å². The largest absolute Gasteiger partial charge is 0.496 e. The molecule has 0 aliphatic carbocycles. The van der Waals surface area contributed by atoms with Crippen molar-refractivity contribution in [1.82, 2.24) is 5.32 Å². The van der Waals surface area contributed by atoms with Crippen molar-refractivity contribution < 1.29 is 14.2 Å². The second kappa shape index (κ2) is 6.89. The van der Waals surface area contributed by atoms with Gasteiger partial charge in [-0.15, -0.1) is 0 Å². The van der Waals surface area contributed by atoms with E-state index in [1.165, 1.54) is 5.56 Å². The van der Waals surface area contributed by atoms with Gasteiger partial charge in [0.1, 0.15) is 11.9 Å². The highest BCUT2D eigenvalue weighted by atomic mass is 16.6. The maximum absolute atomic E-state index is 5.84. The molecule has 1 saturated heterocycles. The molecule has 1 heterocycles. The second-order valence-electron chi connectivity index (χ2n) is 4.76. The lowest BCUT2D eigenvalue weighted by Crippen LogP contribution is -2.40. The summed E-state index contributed by atoms with van der Waals surface area (Å²) in [6.07, 6.45) is 0.0319. The van der Waals surface area contributed by atoms with Crippen molar-refractivity contribution in [3.05, 3.63) is 29.3 Å². The fourth-order valence-electron chi connectivity index (χ4n) is 2.46. The number of rotatable bonds is 5. The Labute approximate surface area is 115 Å². The fraction of sp³-hybridized carbons (Fsp3) is 0.600. The number of methoxy groups -OCH3 is 1. The molecule has 2 unspecified atom stereocenters. The van der Waals surface area contributed by atoms with Crippen molar-refractivity contribution in [2.45, 2.75) is 26.0 Å².